The maximum absolute atomic E-state index is 10.7. The Morgan fingerprint density at radius 3 is 2.93 bits per heavy atom. The normalized spacial score (nSPS) is 10.3. The maximum Gasteiger partial charge on any atom is 0.150 e. The Labute approximate surface area is 93.9 Å². The van der Waals surface area contributed by atoms with Gasteiger partial charge in [0, 0.05) is 17.7 Å². The number of ether oxygens (including phenoxy) is 2. The van der Waals surface area contributed by atoms with Crippen molar-refractivity contribution in [3.8, 4) is 0 Å². The van der Waals surface area contributed by atoms with E-state index in [-0.39, 0.29) is 6.79 Å². The lowest BCUT2D eigenvalue weighted by Crippen LogP contribution is -2.03. The summed E-state index contributed by atoms with van der Waals surface area (Å²) >= 11 is 5.83. The van der Waals surface area contributed by atoms with E-state index in [2.05, 4.69) is 0 Å². The molecule has 1 aromatic rings. The molecule has 0 bridgehead atoms. The standard InChI is InChI=1S/C11H13ClO3/c1-14-8-15-5-4-9-6-11(12)3-2-10(9)7-13/h2-3,6-7H,4-5,8H2,1H3. The Morgan fingerprint density at radius 1 is 1.47 bits per heavy atom. The van der Waals surface area contributed by atoms with Gasteiger partial charge in [0.25, 0.3) is 0 Å². The average molecular weight is 229 g/mol. The fourth-order valence-corrected chi connectivity index (χ4v) is 1.42. The SMILES string of the molecule is COCOCCc1cc(Cl)ccc1C=O. The van der Waals surface area contributed by atoms with Gasteiger partial charge in [0.1, 0.15) is 13.1 Å². The molecule has 0 saturated heterocycles. The van der Waals surface area contributed by atoms with E-state index in [9.17, 15) is 4.79 Å². The third-order valence-electron chi connectivity index (χ3n) is 1.95. The van der Waals surface area contributed by atoms with Crippen molar-refractivity contribution in [1.82, 2.24) is 0 Å². The summed E-state index contributed by atoms with van der Waals surface area (Å²) in [6, 6.07) is 5.19. The molecule has 82 valence electrons. The van der Waals surface area contributed by atoms with Gasteiger partial charge in [-0.3, -0.25) is 4.79 Å². The van der Waals surface area contributed by atoms with Crippen LogP contribution in [0.25, 0.3) is 0 Å². The largest absolute Gasteiger partial charge is 0.359 e. The fraction of sp³-hybridized carbons (Fsp3) is 0.364. The number of carbonyl (C=O) groups is 1. The quantitative estimate of drug-likeness (QED) is 0.426. The molecule has 15 heavy (non-hydrogen) atoms. The molecule has 1 rings (SSSR count). The Kier molecular flexibility index (Phi) is 5.32. The van der Waals surface area contributed by atoms with Gasteiger partial charge in [-0.25, -0.2) is 0 Å². The molecular weight excluding hydrogens is 216 g/mol. The molecule has 0 spiro atoms. The minimum atomic E-state index is 0.261. The molecule has 1 aromatic carbocycles. The van der Waals surface area contributed by atoms with Crippen LogP contribution >= 0.6 is 11.6 Å². The Morgan fingerprint density at radius 2 is 2.27 bits per heavy atom. The zero-order chi connectivity index (χ0) is 11.1. The van der Waals surface area contributed by atoms with Gasteiger partial charge in [-0.15, -0.1) is 0 Å². The predicted molar refractivity (Wildman–Crippen MR) is 58.4 cm³/mol. The van der Waals surface area contributed by atoms with Gasteiger partial charge in [0.05, 0.1) is 6.61 Å². The number of methoxy groups -OCH3 is 1. The van der Waals surface area contributed by atoms with E-state index in [1.165, 1.54) is 0 Å². The van der Waals surface area contributed by atoms with Crippen LogP contribution in [0.2, 0.25) is 5.02 Å². The molecule has 0 heterocycles. The highest BCUT2D eigenvalue weighted by molar-refractivity contribution is 6.30. The third-order valence-corrected chi connectivity index (χ3v) is 2.18. The van der Waals surface area contributed by atoms with Crippen molar-refractivity contribution in [2.45, 2.75) is 6.42 Å². The molecule has 3 nitrogen and oxygen atoms in total. The molecular formula is C11H13ClO3. The van der Waals surface area contributed by atoms with Crippen molar-refractivity contribution in [3.05, 3.63) is 34.3 Å². The van der Waals surface area contributed by atoms with Gasteiger partial charge < -0.3 is 9.47 Å². The summed E-state index contributed by atoms with van der Waals surface area (Å²) in [7, 11) is 1.57. The first kappa shape index (κ1) is 12.2. The van der Waals surface area contributed by atoms with Crippen molar-refractivity contribution in [2.24, 2.45) is 0 Å². The molecule has 0 fully saturated rings. The Hall–Kier alpha value is -0.900. The van der Waals surface area contributed by atoms with Crippen LogP contribution in [0.1, 0.15) is 15.9 Å². The van der Waals surface area contributed by atoms with Crippen molar-refractivity contribution < 1.29 is 14.3 Å². The molecule has 0 aliphatic carbocycles. The van der Waals surface area contributed by atoms with E-state index < -0.39 is 0 Å². The zero-order valence-corrected chi connectivity index (χ0v) is 9.29. The van der Waals surface area contributed by atoms with Gasteiger partial charge in [-0.1, -0.05) is 11.6 Å². The highest BCUT2D eigenvalue weighted by atomic mass is 35.5. The Balaban J connectivity index is 2.58. The van der Waals surface area contributed by atoms with Crippen LogP contribution in [0.5, 0.6) is 0 Å². The zero-order valence-electron chi connectivity index (χ0n) is 8.53. The summed E-state index contributed by atoms with van der Waals surface area (Å²) in [5.74, 6) is 0. The average Bonchev–Trinajstić information content (AvgIpc) is 2.25. The van der Waals surface area contributed by atoms with E-state index in [4.69, 9.17) is 21.1 Å². The first-order valence-electron chi connectivity index (χ1n) is 4.58. The number of halogens is 1. The molecule has 0 saturated carbocycles. The highest BCUT2D eigenvalue weighted by Crippen LogP contribution is 2.15. The molecule has 0 amide bonds. The number of rotatable bonds is 6. The van der Waals surface area contributed by atoms with Gasteiger partial charge in [-0.2, -0.15) is 0 Å². The van der Waals surface area contributed by atoms with Crippen molar-refractivity contribution >= 4 is 17.9 Å². The topological polar surface area (TPSA) is 35.5 Å². The van der Waals surface area contributed by atoms with Crippen LogP contribution in [-0.4, -0.2) is 26.8 Å². The lowest BCUT2D eigenvalue weighted by atomic mass is 10.1. The smallest absolute Gasteiger partial charge is 0.150 e. The molecule has 0 radical (unpaired) electrons. The summed E-state index contributed by atoms with van der Waals surface area (Å²) in [5.41, 5.74) is 1.55. The van der Waals surface area contributed by atoms with Gasteiger partial charge in [0.15, 0.2) is 0 Å². The highest BCUT2D eigenvalue weighted by Gasteiger charge is 2.02. The van der Waals surface area contributed by atoms with Crippen molar-refractivity contribution in [1.29, 1.82) is 0 Å². The van der Waals surface area contributed by atoms with Crippen LogP contribution < -0.4 is 0 Å². The molecule has 0 aliphatic rings. The van der Waals surface area contributed by atoms with E-state index in [1.54, 1.807) is 25.3 Å². The second kappa shape index (κ2) is 6.56. The summed E-state index contributed by atoms with van der Waals surface area (Å²) in [6.45, 7) is 0.770. The summed E-state index contributed by atoms with van der Waals surface area (Å²) < 4.78 is 9.89. The lowest BCUT2D eigenvalue weighted by Gasteiger charge is -2.06. The second-order valence-electron chi connectivity index (χ2n) is 3.03. The van der Waals surface area contributed by atoms with E-state index in [0.29, 0.717) is 23.6 Å². The van der Waals surface area contributed by atoms with E-state index in [1.807, 2.05) is 0 Å². The van der Waals surface area contributed by atoms with Crippen LogP contribution in [0.3, 0.4) is 0 Å². The van der Waals surface area contributed by atoms with Gasteiger partial charge >= 0.3 is 0 Å². The lowest BCUT2D eigenvalue weighted by molar-refractivity contribution is -0.0291. The number of aldehydes is 1. The number of hydrogen-bond donors (Lipinski definition) is 0. The second-order valence-corrected chi connectivity index (χ2v) is 3.46. The number of benzene rings is 1. The van der Waals surface area contributed by atoms with Crippen LogP contribution in [-0.2, 0) is 15.9 Å². The molecule has 0 unspecified atom stereocenters. The molecule has 4 heteroatoms. The molecule has 0 atom stereocenters. The molecule has 0 aliphatic heterocycles. The minimum Gasteiger partial charge on any atom is -0.359 e. The number of carbonyl (C=O) groups excluding carboxylic acids is 1. The third kappa shape index (κ3) is 4.00. The molecule has 0 aromatic heterocycles. The minimum absolute atomic E-state index is 0.261. The van der Waals surface area contributed by atoms with Gasteiger partial charge in [-0.05, 0) is 30.2 Å². The van der Waals surface area contributed by atoms with Crippen molar-refractivity contribution in [3.63, 3.8) is 0 Å². The van der Waals surface area contributed by atoms with E-state index in [0.717, 1.165) is 11.8 Å². The van der Waals surface area contributed by atoms with Crippen molar-refractivity contribution in [2.75, 3.05) is 20.5 Å². The number of hydrogen-bond acceptors (Lipinski definition) is 3. The maximum atomic E-state index is 10.7. The van der Waals surface area contributed by atoms with Crippen LogP contribution in [0.4, 0.5) is 0 Å². The first-order chi connectivity index (χ1) is 7.27. The summed E-state index contributed by atoms with van der Waals surface area (Å²) in [6.07, 6.45) is 1.47. The predicted octanol–water partition coefficient (Wildman–Crippen LogP) is 2.32. The van der Waals surface area contributed by atoms with Crippen LogP contribution in [0.15, 0.2) is 18.2 Å². The van der Waals surface area contributed by atoms with Crippen LogP contribution in [0, 0.1) is 0 Å². The summed E-state index contributed by atoms with van der Waals surface area (Å²) in [5, 5.41) is 0.627. The monoisotopic (exact) mass is 228 g/mol. The Bertz CT molecular complexity index is 326. The van der Waals surface area contributed by atoms with Gasteiger partial charge in [0.2, 0.25) is 0 Å². The fourth-order valence-electron chi connectivity index (χ4n) is 1.23. The summed E-state index contributed by atoms with van der Waals surface area (Å²) in [4.78, 5) is 10.7. The first-order valence-corrected chi connectivity index (χ1v) is 4.96. The van der Waals surface area contributed by atoms with E-state index >= 15 is 0 Å². The molecule has 0 N–H and O–H groups in total.